The Morgan fingerprint density at radius 3 is 2.07 bits per heavy atom. The fourth-order valence-corrected chi connectivity index (χ4v) is 5.36. The molecule has 10 heteroatoms. The lowest BCUT2D eigenvalue weighted by molar-refractivity contribution is 0.0730. The summed E-state index contributed by atoms with van der Waals surface area (Å²) >= 11 is 5.77. The molecule has 0 aromatic heterocycles. The number of hydrogen-bond acceptors (Lipinski definition) is 5. The Morgan fingerprint density at radius 2 is 1.46 bits per heavy atom. The number of morpholine rings is 1. The molecule has 0 aliphatic carbocycles. The molecule has 0 spiro atoms. The lowest BCUT2D eigenvalue weighted by Crippen LogP contribution is -2.40. The van der Waals surface area contributed by atoms with E-state index in [-0.39, 0.29) is 16.3 Å². The highest BCUT2D eigenvalue weighted by Gasteiger charge is 2.26. The maximum Gasteiger partial charge on any atom is 0.243 e. The molecule has 0 unspecified atom stereocenters. The predicted octanol–water partition coefficient (Wildman–Crippen LogP) is 1.88. The normalized spacial score (nSPS) is 16.2. The number of rotatable bonds is 7. The van der Waals surface area contributed by atoms with Gasteiger partial charge in [-0.25, -0.2) is 21.6 Å². The summed E-state index contributed by atoms with van der Waals surface area (Å²) in [5.41, 5.74) is 0.833. The maximum atomic E-state index is 12.6. The van der Waals surface area contributed by atoms with Crippen molar-refractivity contribution in [2.24, 2.45) is 0 Å². The van der Waals surface area contributed by atoms with Crippen LogP contribution in [0.15, 0.2) is 58.3 Å². The van der Waals surface area contributed by atoms with Crippen molar-refractivity contribution in [2.75, 3.05) is 32.8 Å². The molecule has 0 bridgehead atoms. The first-order chi connectivity index (χ1) is 13.3. The van der Waals surface area contributed by atoms with E-state index in [0.29, 0.717) is 37.7 Å². The molecule has 1 aliphatic heterocycles. The third-order valence-electron chi connectivity index (χ3n) is 4.36. The molecule has 2 aromatic rings. The molecule has 0 atom stereocenters. The molecule has 0 saturated carbocycles. The molecule has 1 aliphatic rings. The second-order valence-corrected chi connectivity index (χ2v) is 10.4. The van der Waals surface area contributed by atoms with Crippen LogP contribution >= 0.6 is 11.6 Å². The summed E-state index contributed by atoms with van der Waals surface area (Å²) in [7, 11) is -7.15. The topological polar surface area (TPSA) is 92.8 Å². The van der Waals surface area contributed by atoms with Gasteiger partial charge < -0.3 is 4.74 Å². The van der Waals surface area contributed by atoms with E-state index in [1.165, 1.54) is 28.6 Å². The van der Waals surface area contributed by atoms with Gasteiger partial charge in [-0.1, -0.05) is 23.7 Å². The molecule has 3 rings (SSSR count). The van der Waals surface area contributed by atoms with E-state index in [1.54, 1.807) is 24.3 Å². The standard InChI is InChI=1S/C18H21ClN2O5S2/c19-16-3-7-17(8-4-16)27(22,23)20-10-9-15-1-5-18(6-2-15)28(24,25)21-11-13-26-14-12-21/h1-8,20H,9-14H2. The highest BCUT2D eigenvalue weighted by molar-refractivity contribution is 7.89. The summed E-state index contributed by atoms with van der Waals surface area (Å²) in [4.78, 5) is 0.365. The van der Waals surface area contributed by atoms with Crippen LogP contribution in [-0.4, -0.2) is 54.0 Å². The van der Waals surface area contributed by atoms with Crippen LogP contribution in [0.25, 0.3) is 0 Å². The molecular formula is C18H21ClN2O5S2. The van der Waals surface area contributed by atoms with Crippen molar-refractivity contribution in [1.29, 1.82) is 0 Å². The molecule has 1 heterocycles. The smallest absolute Gasteiger partial charge is 0.243 e. The van der Waals surface area contributed by atoms with Crippen LogP contribution in [0.2, 0.25) is 5.02 Å². The average Bonchev–Trinajstić information content (AvgIpc) is 2.69. The van der Waals surface area contributed by atoms with Crippen molar-refractivity contribution < 1.29 is 21.6 Å². The van der Waals surface area contributed by atoms with Gasteiger partial charge in [-0.3, -0.25) is 0 Å². The summed E-state index contributed by atoms with van der Waals surface area (Å²) in [6, 6.07) is 12.4. The van der Waals surface area contributed by atoms with Gasteiger partial charge in [0.2, 0.25) is 20.0 Å². The minimum Gasteiger partial charge on any atom is -0.379 e. The van der Waals surface area contributed by atoms with E-state index in [0.717, 1.165) is 5.56 Å². The van der Waals surface area contributed by atoms with Crippen LogP contribution in [-0.2, 0) is 31.2 Å². The Hall–Kier alpha value is -1.49. The summed E-state index contributed by atoms with van der Waals surface area (Å²) in [6.07, 6.45) is 0.435. The molecule has 0 radical (unpaired) electrons. The van der Waals surface area contributed by atoms with E-state index >= 15 is 0 Å². The quantitative estimate of drug-likeness (QED) is 0.703. The Bertz CT molecular complexity index is 1000. The zero-order valence-electron chi connectivity index (χ0n) is 15.0. The Balaban J connectivity index is 1.59. The third kappa shape index (κ3) is 5.11. The van der Waals surface area contributed by atoms with Crippen molar-refractivity contribution in [3.63, 3.8) is 0 Å². The average molecular weight is 445 g/mol. The van der Waals surface area contributed by atoms with Crippen molar-refractivity contribution >= 4 is 31.6 Å². The Morgan fingerprint density at radius 1 is 0.893 bits per heavy atom. The van der Waals surface area contributed by atoms with E-state index < -0.39 is 20.0 Å². The van der Waals surface area contributed by atoms with Gasteiger partial charge in [0.25, 0.3) is 0 Å². The van der Waals surface area contributed by atoms with E-state index in [1.807, 2.05) is 0 Å². The van der Waals surface area contributed by atoms with Gasteiger partial charge in [0.05, 0.1) is 23.0 Å². The molecular weight excluding hydrogens is 424 g/mol. The van der Waals surface area contributed by atoms with Gasteiger partial charge in [-0.15, -0.1) is 0 Å². The number of benzene rings is 2. The van der Waals surface area contributed by atoms with Crippen LogP contribution in [0.4, 0.5) is 0 Å². The van der Waals surface area contributed by atoms with Gasteiger partial charge in [-0.2, -0.15) is 4.31 Å². The Labute approximate surface area is 170 Å². The van der Waals surface area contributed by atoms with Gasteiger partial charge in [0.1, 0.15) is 0 Å². The number of hydrogen-bond donors (Lipinski definition) is 1. The monoisotopic (exact) mass is 444 g/mol. The molecule has 152 valence electrons. The van der Waals surface area contributed by atoms with Gasteiger partial charge in [0, 0.05) is 24.7 Å². The SMILES string of the molecule is O=S(=O)(NCCc1ccc(S(=O)(=O)N2CCOCC2)cc1)c1ccc(Cl)cc1. The fourth-order valence-electron chi connectivity index (χ4n) is 2.79. The first-order valence-electron chi connectivity index (χ1n) is 8.71. The largest absolute Gasteiger partial charge is 0.379 e. The number of ether oxygens (including phenoxy) is 1. The van der Waals surface area contributed by atoms with Crippen molar-refractivity contribution in [2.45, 2.75) is 16.2 Å². The summed E-state index contributed by atoms with van der Waals surface area (Å²) in [5, 5.41) is 0.464. The predicted molar refractivity (Wildman–Crippen MR) is 106 cm³/mol. The second kappa shape index (κ2) is 8.89. The van der Waals surface area contributed by atoms with E-state index in [2.05, 4.69) is 4.72 Å². The van der Waals surface area contributed by atoms with Gasteiger partial charge >= 0.3 is 0 Å². The number of sulfonamides is 2. The molecule has 2 aromatic carbocycles. The summed E-state index contributed by atoms with van der Waals surface area (Å²) < 4.78 is 58.8. The molecule has 0 amide bonds. The first-order valence-corrected chi connectivity index (χ1v) is 12.0. The third-order valence-corrected chi connectivity index (χ3v) is 8.00. The highest BCUT2D eigenvalue weighted by atomic mass is 35.5. The van der Waals surface area contributed by atoms with E-state index in [9.17, 15) is 16.8 Å². The van der Waals surface area contributed by atoms with Crippen LogP contribution in [0.1, 0.15) is 5.56 Å². The highest BCUT2D eigenvalue weighted by Crippen LogP contribution is 2.18. The zero-order chi connectivity index (χ0) is 20.2. The van der Waals surface area contributed by atoms with Crippen molar-refractivity contribution in [3.8, 4) is 0 Å². The number of nitrogens with one attached hydrogen (secondary N) is 1. The zero-order valence-corrected chi connectivity index (χ0v) is 17.4. The van der Waals surface area contributed by atoms with Crippen molar-refractivity contribution in [3.05, 3.63) is 59.1 Å². The van der Waals surface area contributed by atoms with Crippen LogP contribution < -0.4 is 4.72 Å². The minimum absolute atomic E-state index is 0.142. The maximum absolute atomic E-state index is 12.6. The molecule has 28 heavy (non-hydrogen) atoms. The molecule has 1 saturated heterocycles. The lowest BCUT2D eigenvalue weighted by Gasteiger charge is -2.26. The Kier molecular flexibility index (Phi) is 6.74. The molecule has 7 nitrogen and oxygen atoms in total. The van der Waals surface area contributed by atoms with Crippen molar-refractivity contribution in [1.82, 2.24) is 9.03 Å². The first kappa shape index (κ1) is 21.2. The number of nitrogens with zero attached hydrogens (tertiary/aromatic N) is 1. The fraction of sp³-hybridized carbons (Fsp3) is 0.333. The summed E-state index contributed by atoms with van der Waals surface area (Å²) in [6.45, 7) is 1.67. The molecule has 1 N–H and O–H groups in total. The second-order valence-electron chi connectivity index (χ2n) is 6.26. The summed E-state index contributed by atoms with van der Waals surface area (Å²) in [5.74, 6) is 0. The number of halogens is 1. The van der Waals surface area contributed by atoms with Crippen LogP contribution in [0.5, 0.6) is 0 Å². The van der Waals surface area contributed by atoms with Crippen LogP contribution in [0, 0.1) is 0 Å². The lowest BCUT2D eigenvalue weighted by atomic mass is 10.2. The van der Waals surface area contributed by atoms with Gasteiger partial charge in [-0.05, 0) is 48.4 Å². The molecule has 1 fully saturated rings. The van der Waals surface area contributed by atoms with Crippen LogP contribution in [0.3, 0.4) is 0 Å². The minimum atomic E-state index is -3.62. The van der Waals surface area contributed by atoms with E-state index in [4.69, 9.17) is 16.3 Å². The van der Waals surface area contributed by atoms with Gasteiger partial charge in [0.15, 0.2) is 0 Å².